The van der Waals surface area contributed by atoms with Crippen molar-refractivity contribution in [3.05, 3.63) is 63.4 Å². The largest absolute Gasteiger partial charge is 0.416 e. The second kappa shape index (κ2) is 9.50. The second-order valence-electron chi connectivity index (χ2n) is 7.92. The molecule has 178 valence electrons. The lowest BCUT2D eigenvalue weighted by molar-refractivity contribution is -0.137. The smallest absolute Gasteiger partial charge is 0.342 e. The maximum absolute atomic E-state index is 13.6. The molecule has 0 bridgehead atoms. The third-order valence-corrected chi connectivity index (χ3v) is 5.79. The zero-order valence-corrected chi connectivity index (χ0v) is 20.4. The van der Waals surface area contributed by atoms with E-state index in [1.807, 2.05) is 0 Å². The summed E-state index contributed by atoms with van der Waals surface area (Å²) in [6.07, 6.45) is -1.36. The summed E-state index contributed by atoms with van der Waals surface area (Å²) in [6.45, 7) is 6.51. The number of aryl methyl sites for hydroxylation is 1. The molecule has 2 atom stereocenters. The van der Waals surface area contributed by atoms with E-state index in [2.05, 4.69) is 47.4 Å². The van der Waals surface area contributed by atoms with E-state index >= 15 is 0 Å². The predicted octanol–water partition coefficient (Wildman–Crippen LogP) is 4.83. The lowest BCUT2D eigenvalue weighted by Gasteiger charge is -2.23. The molecule has 3 aromatic rings. The Morgan fingerprint density at radius 3 is 2.41 bits per heavy atom. The van der Waals surface area contributed by atoms with Crippen LogP contribution < -0.4 is 5.32 Å². The van der Waals surface area contributed by atoms with Gasteiger partial charge in [-0.05, 0) is 66.9 Å². The van der Waals surface area contributed by atoms with Gasteiger partial charge in [-0.3, -0.25) is 4.79 Å². The van der Waals surface area contributed by atoms with Crippen molar-refractivity contribution in [1.82, 2.24) is 30.0 Å². The van der Waals surface area contributed by atoms with E-state index in [1.54, 1.807) is 20.8 Å². The monoisotopic (exact) mass is 535 g/mol. The molecule has 0 aliphatic heterocycles. The summed E-state index contributed by atoms with van der Waals surface area (Å²) in [6, 6.07) is 4.31. The first-order chi connectivity index (χ1) is 15.9. The van der Waals surface area contributed by atoms with Crippen molar-refractivity contribution < 1.29 is 18.0 Å². The van der Waals surface area contributed by atoms with Crippen molar-refractivity contribution in [1.29, 1.82) is 5.26 Å². The van der Waals surface area contributed by atoms with Gasteiger partial charge in [0.25, 0.3) is 11.9 Å². The second-order valence-corrected chi connectivity index (χ2v) is 8.84. The maximum Gasteiger partial charge on any atom is 0.416 e. The van der Waals surface area contributed by atoms with Gasteiger partial charge >= 0.3 is 6.18 Å². The molecule has 1 amide bonds. The van der Waals surface area contributed by atoms with Crippen LogP contribution in [0.1, 0.15) is 66.4 Å². The number of aromatic nitrogens is 5. The first kappa shape index (κ1) is 25.3. The molecule has 0 radical (unpaired) electrons. The van der Waals surface area contributed by atoms with Gasteiger partial charge in [0, 0.05) is 18.0 Å². The molecule has 34 heavy (non-hydrogen) atoms. The molecule has 0 fully saturated rings. The molecule has 0 spiro atoms. The fourth-order valence-electron chi connectivity index (χ4n) is 3.21. The first-order valence-corrected chi connectivity index (χ1v) is 11.0. The number of benzene rings is 1. The van der Waals surface area contributed by atoms with E-state index in [9.17, 15) is 23.2 Å². The van der Waals surface area contributed by atoms with Gasteiger partial charge in [-0.2, -0.15) is 23.1 Å². The molecule has 0 saturated carbocycles. The summed E-state index contributed by atoms with van der Waals surface area (Å²) in [5.41, 5.74) is -2.28. The number of nitrogens with zero attached hydrogens (tertiary/aromatic N) is 6. The van der Waals surface area contributed by atoms with Crippen molar-refractivity contribution in [2.75, 3.05) is 0 Å². The van der Waals surface area contributed by atoms with E-state index in [0.29, 0.717) is 16.1 Å². The number of hydrogen-bond acceptors (Lipinski definition) is 6. The summed E-state index contributed by atoms with van der Waals surface area (Å²) >= 11 is 3.25. The first-order valence-electron chi connectivity index (χ1n) is 10.2. The normalized spacial score (nSPS) is 14.2. The number of alkyl halides is 3. The fraction of sp³-hybridized carbons (Fsp3) is 0.364. The van der Waals surface area contributed by atoms with E-state index in [4.69, 9.17) is 0 Å². The molecule has 0 saturated heterocycles. The Bertz CT molecular complexity index is 1250. The Morgan fingerprint density at radius 1 is 1.24 bits per heavy atom. The fourth-order valence-corrected chi connectivity index (χ4v) is 3.41. The van der Waals surface area contributed by atoms with Crippen LogP contribution in [0.15, 0.2) is 35.1 Å². The molecule has 0 aliphatic rings. The van der Waals surface area contributed by atoms with Gasteiger partial charge in [0.15, 0.2) is 5.82 Å². The van der Waals surface area contributed by atoms with Gasteiger partial charge < -0.3 is 5.32 Å². The zero-order valence-electron chi connectivity index (χ0n) is 18.8. The van der Waals surface area contributed by atoms with E-state index < -0.39 is 29.1 Å². The highest BCUT2D eigenvalue weighted by Gasteiger charge is 2.35. The summed E-state index contributed by atoms with van der Waals surface area (Å²) in [5.74, 6) is 0.168. The van der Waals surface area contributed by atoms with E-state index in [-0.39, 0.29) is 23.5 Å². The average molecular weight is 536 g/mol. The molecule has 2 heterocycles. The molecule has 2 aromatic heterocycles. The Labute approximate surface area is 202 Å². The van der Waals surface area contributed by atoms with Crippen LogP contribution >= 0.6 is 15.9 Å². The minimum Gasteiger partial charge on any atom is -0.342 e. The van der Waals surface area contributed by atoms with Crippen LogP contribution in [0, 0.1) is 18.3 Å². The van der Waals surface area contributed by atoms with Gasteiger partial charge in [0.05, 0.1) is 27.6 Å². The molecular weight excluding hydrogens is 515 g/mol. The number of amides is 1. The van der Waals surface area contributed by atoms with E-state index in [1.165, 1.54) is 30.1 Å². The van der Waals surface area contributed by atoms with Gasteiger partial charge in [0.1, 0.15) is 5.82 Å². The van der Waals surface area contributed by atoms with E-state index in [0.717, 1.165) is 12.1 Å². The van der Waals surface area contributed by atoms with Crippen molar-refractivity contribution in [2.45, 2.75) is 51.7 Å². The lowest BCUT2D eigenvalue weighted by Crippen LogP contribution is -2.30. The number of nitriles is 1. The van der Waals surface area contributed by atoms with Crippen molar-refractivity contribution in [3.63, 3.8) is 0 Å². The molecule has 2 unspecified atom stereocenters. The van der Waals surface area contributed by atoms with Gasteiger partial charge in [-0.1, -0.05) is 6.92 Å². The molecule has 1 N–H and O–H groups in total. The molecule has 0 aliphatic carbocycles. The number of hydrogen-bond donors (Lipinski definition) is 1. The third kappa shape index (κ3) is 5.25. The van der Waals surface area contributed by atoms with Crippen molar-refractivity contribution in [2.24, 2.45) is 0 Å². The topological polar surface area (TPSA) is 109 Å². The van der Waals surface area contributed by atoms with Crippen molar-refractivity contribution >= 4 is 21.8 Å². The van der Waals surface area contributed by atoms with Gasteiger partial charge in [-0.25, -0.2) is 15.0 Å². The minimum absolute atomic E-state index is 0.118. The van der Waals surface area contributed by atoms with Crippen LogP contribution in [0.4, 0.5) is 13.2 Å². The summed E-state index contributed by atoms with van der Waals surface area (Å²) in [7, 11) is 0. The lowest BCUT2D eigenvalue weighted by atomic mass is 9.80. The molecule has 3 rings (SSSR count). The average Bonchev–Trinajstić information content (AvgIpc) is 3.19. The molecular formula is C22H21BrF3N7O. The SMILES string of the molecule is CCC(C)(C#N)c1cc(C(=O)NC(C)c2nc(C)nn2-c2ncc(Br)cn2)cc(C(F)(F)F)c1. The molecule has 1 aromatic carbocycles. The van der Waals surface area contributed by atoms with Crippen LogP contribution in [0.3, 0.4) is 0 Å². The molecule has 12 heteroatoms. The highest BCUT2D eigenvalue weighted by molar-refractivity contribution is 9.10. The third-order valence-electron chi connectivity index (χ3n) is 5.38. The predicted molar refractivity (Wildman–Crippen MR) is 120 cm³/mol. The standard InChI is InChI=1S/C22H21BrF3N7O/c1-5-21(4,11-27)15-6-14(7-16(8-15)22(24,25)26)19(34)30-12(2)18-31-13(3)32-33(18)20-28-9-17(23)10-29-20/h6-10,12H,5H2,1-4H3,(H,30,34). The number of halogens is 4. The van der Waals surface area contributed by atoms with Crippen LogP contribution in [-0.2, 0) is 11.6 Å². The number of carbonyl (C=O) groups is 1. The Balaban J connectivity index is 1.97. The number of carbonyl (C=O) groups excluding carboxylic acids is 1. The Hall–Kier alpha value is -3.33. The van der Waals surface area contributed by atoms with Gasteiger partial charge in [0.2, 0.25) is 0 Å². The Kier molecular flexibility index (Phi) is 7.07. The number of rotatable bonds is 6. The molecule has 8 nitrogen and oxygen atoms in total. The summed E-state index contributed by atoms with van der Waals surface area (Å²) in [4.78, 5) is 25.7. The Morgan fingerprint density at radius 2 is 1.85 bits per heavy atom. The zero-order chi connectivity index (χ0) is 25.3. The summed E-state index contributed by atoms with van der Waals surface area (Å²) in [5, 5.41) is 16.5. The van der Waals surface area contributed by atoms with Crippen LogP contribution in [0.5, 0.6) is 0 Å². The summed E-state index contributed by atoms with van der Waals surface area (Å²) < 4.78 is 42.7. The van der Waals surface area contributed by atoms with Crippen LogP contribution in [0.2, 0.25) is 0 Å². The van der Waals surface area contributed by atoms with Crippen LogP contribution in [0.25, 0.3) is 5.95 Å². The van der Waals surface area contributed by atoms with Crippen molar-refractivity contribution in [3.8, 4) is 12.0 Å². The maximum atomic E-state index is 13.6. The highest BCUT2D eigenvalue weighted by Crippen LogP contribution is 2.35. The quantitative estimate of drug-likeness (QED) is 0.484. The number of nitrogens with one attached hydrogen (secondary N) is 1. The minimum atomic E-state index is -4.68. The highest BCUT2D eigenvalue weighted by atomic mass is 79.9. The van der Waals surface area contributed by atoms with Crippen LogP contribution in [-0.4, -0.2) is 30.6 Å². The van der Waals surface area contributed by atoms with Gasteiger partial charge in [-0.15, -0.1) is 5.10 Å².